The zero-order chi connectivity index (χ0) is 22.2. The number of guanidine groups is 1. The van der Waals surface area contributed by atoms with Gasteiger partial charge < -0.3 is 24.3 Å². The molecule has 0 aliphatic carbocycles. The molecule has 0 spiro atoms. The number of hydrogen-bond donors (Lipinski definition) is 1. The lowest BCUT2D eigenvalue weighted by atomic mass is 10.1. The molecule has 172 valence electrons. The van der Waals surface area contributed by atoms with Crippen LogP contribution in [0.1, 0.15) is 28.6 Å². The maximum atomic E-state index is 12.5. The molecule has 2 saturated heterocycles. The SMILES string of the molecule is CCNC(=NCc1ccccc1CN1CCOCC1)N1CCN(C(=O)c2ccco2)CC1. The smallest absolute Gasteiger partial charge is 0.289 e. The zero-order valence-corrected chi connectivity index (χ0v) is 18.8. The van der Waals surface area contributed by atoms with Crippen molar-refractivity contribution in [3.63, 3.8) is 0 Å². The van der Waals surface area contributed by atoms with Gasteiger partial charge in [0.1, 0.15) is 0 Å². The predicted molar refractivity (Wildman–Crippen MR) is 124 cm³/mol. The molecule has 0 saturated carbocycles. The van der Waals surface area contributed by atoms with Crippen LogP contribution in [0.5, 0.6) is 0 Å². The molecule has 32 heavy (non-hydrogen) atoms. The highest BCUT2D eigenvalue weighted by Gasteiger charge is 2.25. The number of nitrogens with zero attached hydrogens (tertiary/aromatic N) is 4. The minimum atomic E-state index is -0.0476. The Balaban J connectivity index is 1.38. The Bertz CT molecular complexity index is 885. The molecule has 2 aliphatic heterocycles. The van der Waals surface area contributed by atoms with Gasteiger partial charge in [0.25, 0.3) is 5.91 Å². The highest BCUT2D eigenvalue weighted by Crippen LogP contribution is 2.15. The average Bonchev–Trinajstić information content (AvgIpc) is 3.38. The van der Waals surface area contributed by atoms with E-state index in [4.69, 9.17) is 14.1 Å². The number of ether oxygens (including phenoxy) is 1. The molecule has 0 atom stereocenters. The molecule has 0 bridgehead atoms. The fourth-order valence-corrected chi connectivity index (χ4v) is 4.13. The Morgan fingerprint density at radius 2 is 1.69 bits per heavy atom. The highest BCUT2D eigenvalue weighted by molar-refractivity contribution is 5.91. The minimum Gasteiger partial charge on any atom is -0.459 e. The van der Waals surface area contributed by atoms with E-state index in [0.29, 0.717) is 25.4 Å². The third-order valence-corrected chi connectivity index (χ3v) is 5.95. The molecule has 2 aromatic rings. The van der Waals surface area contributed by atoms with Crippen LogP contribution in [0, 0.1) is 0 Å². The largest absolute Gasteiger partial charge is 0.459 e. The first-order valence-electron chi connectivity index (χ1n) is 11.5. The van der Waals surface area contributed by atoms with Gasteiger partial charge in [-0.1, -0.05) is 24.3 Å². The van der Waals surface area contributed by atoms with Crippen molar-refractivity contribution in [2.24, 2.45) is 4.99 Å². The van der Waals surface area contributed by atoms with Gasteiger partial charge in [-0.05, 0) is 30.2 Å². The number of piperazine rings is 1. The maximum Gasteiger partial charge on any atom is 0.289 e. The molecule has 8 heteroatoms. The summed E-state index contributed by atoms with van der Waals surface area (Å²) in [6.45, 7) is 10.8. The Hall–Kier alpha value is -2.84. The number of carbonyl (C=O) groups excluding carboxylic acids is 1. The number of benzene rings is 1. The summed E-state index contributed by atoms with van der Waals surface area (Å²) in [6.07, 6.45) is 1.54. The van der Waals surface area contributed by atoms with Crippen LogP contribution in [0.2, 0.25) is 0 Å². The summed E-state index contributed by atoms with van der Waals surface area (Å²) in [4.78, 5) is 24.0. The van der Waals surface area contributed by atoms with Crippen molar-refractivity contribution in [2.75, 3.05) is 59.0 Å². The Labute approximate surface area is 189 Å². The van der Waals surface area contributed by atoms with E-state index < -0.39 is 0 Å². The summed E-state index contributed by atoms with van der Waals surface area (Å²) in [6, 6.07) is 12.0. The van der Waals surface area contributed by atoms with Crippen molar-refractivity contribution in [1.82, 2.24) is 20.0 Å². The Kier molecular flexibility index (Phi) is 7.79. The predicted octanol–water partition coefficient (Wildman–Crippen LogP) is 2.04. The quantitative estimate of drug-likeness (QED) is 0.549. The van der Waals surface area contributed by atoms with Gasteiger partial charge in [-0.15, -0.1) is 0 Å². The summed E-state index contributed by atoms with van der Waals surface area (Å²) >= 11 is 0. The van der Waals surface area contributed by atoms with Gasteiger partial charge in [0.2, 0.25) is 0 Å². The number of nitrogens with one attached hydrogen (secondary N) is 1. The first-order valence-corrected chi connectivity index (χ1v) is 11.5. The molecule has 1 aromatic heterocycles. The van der Waals surface area contributed by atoms with Crippen LogP contribution >= 0.6 is 0 Å². The van der Waals surface area contributed by atoms with Crippen LogP contribution in [0.3, 0.4) is 0 Å². The van der Waals surface area contributed by atoms with Crippen molar-refractivity contribution < 1.29 is 13.9 Å². The minimum absolute atomic E-state index is 0.0476. The molecule has 1 amide bonds. The normalized spacial score (nSPS) is 18.1. The molecule has 8 nitrogen and oxygen atoms in total. The van der Waals surface area contributed by atoms with E-state index in [1.165, 1.54) is 17.4 Å². The second kappa shape index (κ2) is 11.2. The van der Waals surface area contributed by atoms with E-state index in [2.05, 4.69) is 46.3 Å². The molecule has 0 unspecified atom stereocenters. The fourth-order valence-electron chi connectivity index (χ4n) is 4.13. The lowest BCUT2D eigenvalue weighted by Gasteiger charge is -2.36. The molecule has 3 heterocycles. The second-order valence-electron chi connectivity index (χ2n) is 8.08. The fraction of sp³-hybridized carbons (Fsp3) is 0.500. The van der Waals surface area contributed by atoms with Gasteiger partial charge in [0.05, 0.1) is 26.0 Å². The van der Waals surface area contributed by atoms with Crippen LogP contribution < -0.4 is 5.32 Å². The summed E-state index contributed by atoms with van der Waals surface area (Å²) in [5.41, 5.74) is 2.57. The van der Waals surface area contributed by atoms with E-state index in [9.17, 15) is 4.79 Å². The van der Waals surface area contributed by atoms with Crippen molar-refractivity contribution in [3.05, 3.63) is 59.5 Å². The van der Waals surface area contributed by atoms with Crippen LogP contribution in [0.15, 0.2) is 52.1 Å². The molecular formula is C24H33N5O3. The van der Waals surface area contributed by atoms with E-state index in [1.807, 2.05) is 4.90 Å². The summed E-state index contributed by atoms with van der Waals surface area (Å²) in [5.74, 6) is 1.25. The van der Waals surface area contributed by atoms with Crippen LogP contribution in [-0.4, -0.2) is 85.6 Å². The first kappa shape index (κ1) is 22.4. The molecule has 2 aliphatic rings. The highest BCUT2D eigenvalue weighted by atomic mass is 16.5. The lowest BCUT2D eigenvalue weighted by molar-refractivity contribution is 0.0341. The van der Waals surface area contributed by atoms with Gasteiger partial charge in [0.15, 0.2) is 11.7 Å². The van der Waals surface area contributed by atoms with Gasteiger partial charge in [-0.2, -0.15) is 0 Å². The number of rotatable bonds is 6. The van der Waals surface area contributed by atoms with Crippen LogP contribution in [-0.2, 0) is 17.8 Å². The van der Waals surface area contributed by atoms with Crippen LogP contribution in [0.4, 0.5) is 0 Å². The molecule has 2 fully saturated rings. The van der Waals surface area contributed by atoms with E-state index in [-0.39, 0.29) is 5.91 Å². The van der Waals surface area contributed by atoms with E-state index >= 15 is 0 Å². The summed E-state index contributed by atoms with van der Waals surface area (Å²) in [7, 11) is 0. The van der Waals surface area contributed by atoms with E-state index in [1.54, 1.807) is 12.1 Å². The number of amides is 1. The molecular weight excluding hydrogens is 406 g/mol. The number of morpholine rings is 1. The van der Waals surface area contributed by atoms with Crippen LogP contribution in [0.25, 0.3) is 0 Å². The van der Waals surface area contributed by atoms with Gasteiger partial charge in [-0.3, -0.25) is 9.69 Å². The Morgan fingerprint density at radius 1 is 0.969 bits per heavy atom. The van der Waals surface area contributed by atoms with Gasteiger partial charge >= 0.3 is 0 Å². The monoisotopic (exact) mass is 439 g/mol. The third-order valence-electron chi connectivity index (χ3n) is 5.95. The topological polar surface area (TPSA) is 73.6 Å². The van der Waals surface area contributed by atoms with Gasteiger partial charge in [0, 0.05) is 52.4 Å². The summed E-state index contributed by atoms with van der Waals surface area (Å²) in [5, 5.41) is 3.42. The summed E-state index contributed by atoms with van der Waals surface area (Å²) < 4.78 is 10.7. The maximum absolute atomic E-state index is 12.5. The van der Waals surface area contributed by atoms with Crippen molar-refractivity contribution in [2.45, 2.75) is 20.0 Å². The standard InChI is InChI=1S/C24H33N5O3/c1-2-25-24(29-11-9-28(10-12-29)23(30)22-8-5-15-32-22)26-18-20-6-3-4-7-21(20)19-27-13-16-31-17-14-27/h3-8,15H,2,9-14,16-19H2,1H3,(H,25,26). The average molecular weight is 440 g/mol. The molecule has 1 N–H and O–H groups in total. The lowest BCUT2D eigenvalue weighted by Crippen LogP contribution is -2.53. The van der Waals surface area contributed by atoms with E-state index in [0.717, 1.165) is 58.4 Å². The van der Waals surface area contributed by atoms with Crippen molar-refractivity contribution in [1.29, 1.82) is 0 Å². The molecule has 0 radical (unpaired) electrons. The zero-order valence-electron chi connectivity index (χ0n) is 18.8. The van der Waals surface area contributed by atoms with Crippen molar-refractivity contribution >= 4 is 11.9 Å². The number of hydrogen-bond acceptors (Lipinski definition) is 5. The number of furan rings is 1. The molecule has 4 rings (SSSR count). The number of aliphatic imine (C=N–C) groups is 1. The van der Waals surface area contributed by atoms with Crippen molar-refractivity contribution in [3.8, 4) is 0 Å². The first-order chi connectivity index (χ1) is 15.7. The van der Waals surface area contributed by atoms with Gasteiger partial charge in [-0.25, -0.2) is 4.99 Å². The number of carbonyl (C=O) groups is 1. The second-order valence-corrected chi connectivity index (χ2v) is 8.08. The Morgan fingerprint density at radius 3 is 2.38 bits per heavy atom. The third kappa shape index (κ3) is 5.69. The molecule has 1 aromatic carbocycles.